The van der Waals surface area contributed by atoms with Gasteiger partial charge in [0.25, 0.3) is 11.5 Å². The third kappa shape index (κ3) is 4.06. The quantitative estimate of drug-likeness (QED) is 0.453. The van der Waals surface area contributed by atoms with Gasteiger partial charge in [0, 0.05) is 22.9 Å². The summed E-state index contributed by atoms with van der Waals surface area (Å²) in [5.41, 5.74) is 1.38. The molecule has 0 saturated carbocycles. The van der Waals surface area contributed by atoms with Gasteiger partial charge in [0.05, 0.1) is 25.3 Å². The van der Waals surface area contributed by atoms with Crippen molar-refractivity contribution in [3.05, 3.63) is 63.9 Å². The first-order valence-electron chi connectivity index (χ1n) is 10.0. The molecule has 0 atom stereocenters. The summed E-state index contributed by atoms with van der Waals surface area (Å²) in [6.07, 6.45) is 0.727. The highest BCUT2D eigenvalue weighted by Crippen LogP contribution is 2.35. The topological polar surface area (TPSA) is 95.3 Å². The van der Waals surface area contributed by atoms with Crippen molar-refractivity contribution in [2.45, 2.75) is 19.9 Å². The third-order valence-electron chi connectivity index (χ3n) is 4.93. The van der Waals surface area contributed by atoms with Crippen LogP contribution in [0.1, 0.15) is 23.8 Å². The minimum atomic E-state index is -0.426. The second-order valence-corrected chi connectivity index (χ2v) is 7.84. The Balaban J connectivity index is 1.68. The summed E-state index contributed by atoms with van der Waals surface area (Å²) >= 11 is 1.29. The lowest BCUT2D eigenvalue weighted by atomic mass is 10.1. The number of fused-ring (bicyclic) bond motifs is 1. The minimum absolute atomic E-state index is 0.185. The minimum Gasteiger partial charge on any atom is -0.497 e. The van der Waals surface area contributed by atoms with Gasteiger partial charge >= 0.3 is 0 Å². The molecule has 2 aromatic heterocycles. The number of carbonyl (C=O) groups excluding carboxylic acids is 1. The molecule has 9 heteroatoms. The second kappa shape index (κ2) is 9.19. The number of aromatic nitrogens is 3. The van der Waals surface area contributed by atoms with Crippen molar-refractivity contribution < 1.29 is 14.3 Å². The summed E-state index contributed by atoms with van der Waals surface area (Å²) in [5.74, 6) is 0.895. The summed E-state index contributed by atoms with van der Waals surface area (Å²) < 4.78 is 12.1. The Morgan fingerprint density at radius 1 is 1.12 bits per heavy atom. The smallest absolute Gasteiger partial charge is 0.278 e. The number of hydrogen-bond donors (Lipinski definition) is 1. The lowest BCUT2D eigenvalue weighted by Crippen LogP contribution is -2.27. The number of benzene rings is 2. The molecule has 0 spiro atoms. The average Bonchev–Trinajstić information content (AvgIpc) is 3.28. The molecule has 0 aliphatic rings. The van der Waals surface area contributed by atoms with Crippen LogP contribution in [0.3, 0.4) is 0 Å². The van der Waals surface area contributed by atoms with Gasteiger partial charge in [-0.1, -0.05) is 25.1 Å². The van der Waals surface area contributed by atoms with Crippen LogP contribution in [0, 0.1) is 0 Å². The molecule has 1 N–H and O–H groups in total. The van der Waals surface area contributed by atoms with Gasteiger partial charge in [-0.05, 0) is 30.7 Å². The van der Waals surface area contributed by atoms with E-state index in [1.807, 2.05) is 18.4 Å². The SMILES string of the molecule is CCCn1nc(C(=O)Nc2nc(-c3cc(OC)ccc3OC)cs2)c2ccccc2c1=O. The number of anilines is 1. The fourth-order valence-electron chi connectivity index (χ4n) is 3.39. The zero-order valence-electron chi connectivity index (χ0n) is 17.9. The highest BCUT2D eigenvalue weighted by molar-refractivity contribution is 7.14. The highest BCUT2D eigenvalue weighted by Gasteiger charge is 2.19. The second-order valence-electron chi connectivity index (χ2n) is 6.98. The van der Waals surface area contributed by atoms with Crippen LogP contribution in [0.2, 0.25) is 0 Å². The van der Waals surface area contributed by atoms with E-state index in [1.165, 1.54) is 16.0 Å². The molecule has 0 aliphatic carbocycles. The molecule has 8 nitrogen and oxygen atoms in total. The molecule has 0 bridgehead atoms. The molecule has 32 heavy (non-hydrogen) atoms. The molecule has 2 heterocycles. The summed E-state index contributed by atoms with van der Waals surface area (Å²) in [5, 5.41) is 10.4. The Hall–Kier alpha value is -3.72. The predicted octanol–water partition coefficient (Wildman–Crippen LogP) is 4.20. The van der Waals surface area contributed by atoms with Crippen molar-refractivity contribution in [2.24, 2.45) is 0 Å². The van der Waals surface area contributed by atoms with Gasteiger partial charge in [-0.3, -0.25) is 14.9 Å². The molecule has 1 amide bonds. The molecule has 0 aliphatic heterocycles. The summed E-state index contributed by atoms with van der Waals surface area (Å²) in [6.45, 7) is 2.38. The van der Waals surface area contributed by atoms with Gasteiger partial charge < -0.3 is 9.47 Å². The van der Waals surface area contributed by atoms with Crippen LogP contribution >= 0.6 is 11.3 Å². The van der Waals surface area contributed by atoms with Crippen molar-refractivity contribution >= 4 is 33.1 Å². The van der Waals surface area contributed by atoms with E-state index >= 15 is 0 Å². The van der Waals surface area contributed by atoms with Gasteiger partial charge in [0.2, 0.25) is 0 Å². The lowest BCUT2D eigenvalue weighted by molar-refractivity contribution is 0.102. The summed E-state index contributed by atoms with van der Waals surface area (Å²) in [6, 6.07) is 12.4. The van der Waals surface area contributed by atoms with Gasteiger partial charge in [-0.25, -0.2) is 9.67 Å². The van der Waals surface area contributed by atoms with Gasteiger partial charge in [0.1, 0.15) is 11.5 Å². The van der Waals surface area contributed by atoms with E-state index in [1.54, 1.807) is 50.6 Å². The van der Waals surface area contributed by atoms with Crippen LogP contribution in [0.25, 0.3) is 22.0 Å². The molecular formula is C23H22N4O4S. The number of aryl methyl sites for hydroxylation is 1. The fourth-order valence-corrected chi connectivity index (χ4v) is 4.10. The van der Waals surface area contributed by atoms with E-state index in [0.717, 1.165) is 12.0 Å². The van der Waals surface area contributed by atoms with Crippen molar-refractivity contribution in [1.82, 2.24) is 14.8 Å². The van der Waals surface area contributed by atoms with Crippen LogP contribution in [-0.2, 0) is 6.54 Å². The molecule has 0 unspecified atom stereocenters. The maximum Gasteiger partial charge on any atom is 0.278 e. The Morgan fingerprint density at radius 2 is 1.91 bits per heavy atom. The van der Waals surface area contributed by atoms with Gasteiger partial charge in [-0.2, -0.15) is 5.10 Å². The number of nitrogens with one attached hydrogen (secondary N) is 1. The average molecular weight is 451 g/mol. The Labute approximate surface area is 188 Å². The predicted molar refractivity (Wildman–Crippen MR) is 125 cm³/mol. The largest absolute Gasteiger partial charge is 0.497 e. The van der Waals surface area contributed by atoms with Crippen LogP contribution in [-0.4, -0.2) is 34.9 Å². The van der Waals surface area contributed by atoms with Crippen LogP contribution in [0.15, 0.2) is 52.6 Å². The van der Waals surface area contributed by atoms with Crippen molar-refractivity contribution in [1.29, 1.82) is 0 Å². The van der Waals surface area contributed by atoms with E-state index < -0.39 is 5.91 Å². The first-order chi connectivity index (χ1) is 15.5. The zero-order chi connectivity index (χ0) is 22.7. The van der Waals surface area contributed by atoms with Gasteiger partial charge in [0.15, 0.2) is 10.8 Å². The molecular weight excluding hydrogens is 428 g/mol. The number of carbonyl (C=O) groups is 1. The summed E-state index contributed by atoms with van der Waals surface area (Å²) in [7, 11) is 3.18. The molecule has 2 aromatic carbocycles. The van der Waals surface area contributed by atoms with Crippen molar-refractivity contribution in [2.75, 3.05) is 19.5 Å². The number of rotatable bonds is 7. The molecule has 0 fully saturated rings. The van der Waals surface area contributed by atoms with Crippen LogP contribution in [0.4, 0.5) is 5.13 Å². The molecule has 164 valence electrons. The first kappa shape index (κ1) is 21.5. The summed E-state index contributed by atoms with van der Waals surface area (Å²) in [4.78, 5) is 30.3. The Morgan fingerprint density at radius 3 is 2.62 bits per heavy atom. The van der Waals surface area contributed by atoms with Crippen LogP contribution < -0.4 is 20.3 Å². The highest BCUT2D eigenvalue weighted by atomic mass is 32.1. The number of thiazole rings is 1. The molecule has 4 aromatic rings. The fraction of sp³-hybridized carbons (Fsp3) is 0.217. The maximum atomic E-state index is 13.1. The van der Waals surface area contributed by atoms with E-state index in [9.17, 15) is 9.59 Å². The Kier molecular flexibility index (Phi) is 6.18. The monoisotopic (exact) mass is 450 g/mol. The Bertz CT molecular complexity index is 1350. The van der Waals surface area contributed by atoms with Gasteiger partial charge in [-0.15, -0.1) is 11.3 Å². The van der Waals surface area contributed by atoms with E-state index in [2.05, 4.69) is 15.4 Å². The standard InChI is InChI=1S/C23H22N4O4S/c1-4-11-27-22(29)16-8-6-5-7-15(16)20(26-27)21(28)25-23-24-18(13-32-23)17-12-14(30-2)9-10-19(17)31-3/h5-10,12-13H,4,11H2,1-3H3,(H,24,25,28). The molecule has 4 rings (SSSR count). The van der Waals surface area contributed by atoms with Crippen LogP contribution in [0.5, 0.6) is 11.5 Å². The number of methoxy groups -OCH3 is 2. The normalized spacial score (nSPS) is 10.8. The number of amides is 1. The first-order valence-corrected chi connectivity index (χ1v) is 10.9. The van der Waals surface area contributed by atoms with Crippen molar-refractivity contribution in [3.8, 4) is 22.8 Å². The number of ether oxygens (including phenoxy) is 2. The molecule has 0 radical (unpaired) electrons. The lowest BCUT2D eigenvalue weighted by Gasteiger charge is -2.10. The number of nitrogens with zero attached hydrogens (tertiary/aromatic N) is 3. The zero-order valence-corrected chi connectivity index (χ0v) is 18.7. The maximum absolute atomic E-state index is 13.1. The molecule has 0 saturated heterocycles. The van der Waals surface area contributed by atoms with E-state index in [-0.39, 0.29) is 11.3 Å². The third-order valence-corrected chi connectivity index (χ3v) is 5.68. The van der Waals surface area contributed by atoms with E-state index in [4.69, 9.17) is 9.47 Å². The number of hydrogen-bond acceptors (Lipinski definition) is 7. The van der Waals surface area contributed by atoms with E-state index in [0.29, 0.717) is 39.6 Å². The van der Waals surface area contributed by atoms with Crippen molar-refractivity contribution in [3.63, 3.8) is 0 Å².